The van der Waals surface area contributed by atoms with E-state index in [-0.39, 0.29) is 29.3 Å². The fourth-order valence-electron chi connectivity index (χ4n) is 4.17. The third kappa shape index (κ3) is 4.38. The molecule has 1 saturated carbocycles. The van der Waals surface area contributed by atoms with Crippen molar-refractivity contribution in [2.24, 2.45) is 11.7 Å². The van der Waals surface area contributed by atoms with Crippen LogP contribution in [-0.2, 0) is 14.8 Å². The normalized spacial score (nSPS) is 21.6. The van der Waals surface area contributed by atoms with E-state index in [4.69, 9.17) is 5.73 Å². The molecule has 2 N–H and O–H groups in total. The van der Waals surface area contributed by atoms with Crippen molar-refractivity contribution in [1.29, 1.82) is 0 Å². The van der Waals surface area contributed by atoms with Crippen molar-refractivity contribution in [2.75, 3.05) is 20.1 Å². The number of hydrogen-bond acceptors (Lipinski definition) is 4. The molecule has 1 aromatic rings. The molecule has 1 unspecified atom stereocenters. The minimum atomic E-state index is -3.66. The number of amides is 2. The summed E-state index contributed by atoms with van der Waals surface area (Å²) >= 11 is 0. The molecule has 1 aliphatic carbocycles. The van der Waals surface area contributed by atoms with E-state index in [1.165, 1.54) is 16.4 Å². The van der Waals surface area contributed by atoms with E-state index < -0.39 is 15.9 Å². The highest BCUT2D eigenvalue weighted by atomic mass is 32.2. The standard InChI is InChI=1S/C20H29N3O4S/c1-22(17-9-3-2-4-10-17)28(26,27)18-11-5-7-15(13-18)20(25)23-12-6-8-16(14-23)19(21)24/h5,7,11,13,16-17H,2-4,6,8-10,12,14H2,1H3,(H2,21,24). The van der Waals surface area contributed by atoms with Crippen molar-refractivity contribution in [3.63, 3.8) is 0 Å². The summed E-state index contributed by atoms with van der Waals surface area (Å²) in [5.74, 6) is -1.01. The second kappa shape index (κ2) is 8.61. The van der Waals surface area contributed by atoms with Gasteiger partial charge in [-0.3, -0.25) is 9.59 Å². The Morgan fingerprint density at radius 1 is 1.11 bits per heavy atom. The lowest BCUT2D eigenvalue weighted by Crippen LogP contribution is -2.44. The number of carbonyl (C=O) groups is 2. The lowest BCUT2D eigenvalue weighted by molar-refractivity contribution is -0.123. The van der Waals surface area contributed by atoms with Gasteiger partial charge < -0.3 is 10.6 Å². The molecule has 28 heavy (non-hydrogen) atoms. The van der Waals surface area contributed by atoms with Crippen LogP contribution in [0.3, 0.4) is 0 Å². The van der Waals surface area contributed by atoms with Gasteiger partial charge in [-0.15, -0.1) is 0 Å². The maximum atomic E-state index is 13.1. The van der Waals surface area contributed by atoms with Gasteiger partial charge in [0.15, 0.2) is 0 Å². The van der Waals surface area contributed by atoms with Crippen molar-refractivity contribution in [2.45, 2.75) is 55.9 Å². The summed E-state index contributed by atoms with van der Waals surface area (Å²) in [6.45, 7) is 0.828. The van der Waals surface area contributed by atoms with E-state index >= 15 is 0 Å². The van der Waals surface area contributed by atoms with Gasteiger partial charge in [-0.25, -0.2) is 8.42 Å². The van der Waals surface area contributed by atoms with Crippen LogP contribution >= 0.6 is 0 Å². The van der Waals surface area contributed by atoms with Crippen LogP contribution in [-0.4, -0.2) is 55.6 Å². The summed E-state index contributed by atoms with van der Waals surface area (Å²) in [7, 11) is -2.03. The van der Waals surface area contributed by atoms with Crippen molar-refractivity contribution < 1.29 is 18.0 Å². The van der Waals surface area contributed by atoms with Crippen LogP contribution in [0.5, 0.6) is 0 Å². The molecule has 7 nitrogen and oxygen atoms in total. The molecule has 0 bridgehead atoms. The number of hydrogen-bond donors (Lipinski definition) is 1. The number of nitrogens with two attached hydrogens (primary N) is 1. The smallest absolute Gasteiger partial charge is 0.253 e. The maximum absolute atomic E-state index is 13.1. The zero-order valence-electron chi connectivity index (χ0n) is 16.3. The Labute approximate surface area is 166 Å². The maximum Gasteiger partial charge on any atom is 0.253 e. The van der Waals surface area contributed by atoms with Crippen LogP contribution in [0.25, 0.3) is 0 Å². The van der Waals surface area contributed by atoms with Gasteiger partial charge in [0, 0.05) is 31.7 Å². The summed E-state index contributed by atoms with van der Waals surface area (Å²) in [5, 5.41) is 0. The largest absolute Gasteiger partial charge is 0.369 e. The summed E-state index contributed by atoms with van der Waals surface area (Å²) in [5.41, 5.74) is 5.71. The van der Waals surface area contributed by atoms with Crippen LogP contribution in [0.15, 0.2) is 29.2 Å². The summed E-state index contributed by atoms with van der Waals surface area (Å²) in [4.78, 5) is 26.1. The van der Waals surface area contributed by atoms with E-state index in [9.17, 15) is 18.0 Å². The molecule has 3 rings (SSSR count). The Bertz CT molecular complexity index is 834. The molecule has 8 heteroatoms. The first-order chi connectivity index (χ1) is 13.3. The second-order valence-corrected chi connectivity index (χ2v) is 9.83. The van der Waals surface area contributed by atoms with E-state index in [0.717, 1.165) is 32.1 Å². The topological polar surface area (TPSA) is 101 Å². The van der Waals surface area contributed by atoms with Crippen molar-refractivity contribution in [3.05, 3.63) is 29.8 Å². The highest BCUT2D eigenvalue weighted by Gasteiger charge is 2.31. The molecule has 1 heterocycles. The molecule has 0 spiro atoms. The van der Waals surface area contributed by atoms with Crippen LogP contribution in [0, 0.1) is 5.92 Å². The highest BCUT2D eigenvalue weighted by molar-refractivity contribution is 7.89. The molecule has 0 radical (unpaired) electrons. The Kier molecular flexibility index (Phi) is 6.40. The average Bonchev–Trinajstić information content (AvgIpc) is 2.73. The fraction of sp³-hybridized carbons (Fsp3) is 0.600. The average molecular weight is 408 g/mol. The van der Waals surface area contributed by atoms with E-state index in [1.807, 2.05) is 0 Å². The second-order valence-electron chi connectivity index (χ2n) is 7.83. The highest BCUT2D eigenvalue weighted by Crippen LogP contribution is 2.27. The number of carbonyl (C=O) groups excluding carboxylic acids is 2. The first kappa shape index (κ1) is 20.8. The molecule has 1 atom stereocenters. The van der Waals surface area contributed by atoms with Gasteiger partial charge in [-0.1, -0.05) is 25.3 Å². The first-order valence-corrected chi connectivity index (χ1v) is 11.4. The summed E-state index contributed by atoms with van der Waals surface area (Å²) in [6.07, 6.45) is 6.36. The molecule has 1 aromatic carbocycles. The predicted molar refractivity (Wildman–Crippen MR) is 106 cm³/mol. The summed E-state index contributed by atoms with van der Waals surface area (Å²) < 4.78 is 27.6. The van der Waals surface area contributed by atoms with Crippen molar-refractivity contribution in [3.8, 4) is 0 Å². The van der Waals surface area contributed by atoms with Crippen LogP contribution < -0.4 is 5.73 Å². The summed E-state index contributed by atoms with van der Waals surface area (Å²) in [6, 6.07) is 6.22. The van der Waals surface area contributed by atoms with Crippen LogP contribution in [0.1, 0.15) is 55.3 Å². The minimum absolute atomic E-state index is 0.0107. The number of sulfonamides is 1. The third-order valence-corrected chi connectivity index (χ3v) is 7.86. The molecule has 2 fully saturated rings. The van der Waals surface area contributed by atoms with Gasteiger partial charge in [-0.2, -0.15) is 4.31 Å². The molecule has 2 aliphatic rings. The van der Waals surface area contributed by atoms with E-state index in [2.05, 4.69) is 0 Å². The fourth-order valence-corrected chi connectivity index (χ4v) is 5.64. The first-order valence-electron chi connectivity index (χ1n) is 9.97. The Morgan fingerprint density at radius 2 is 1.82 bits per heavy atom. The van der Waals surface area contributed by atoms with Crippen LogP contribution in [0.4, 0.5) is 0 Å². The van der Waals surface area contributed by atoms with E-state index in [0.29, 0.717) is 24.9 Å². The van der Waals surface area contributed by atoms with Gasteiger partial charge in [0.05, 0.1) is 10.8 Å². The zero-order chi connectivity index (χ0) is 20.3. The third-order valence-electron chi connectivity index (χ3n) is 5.96. The minimum Gasteiger partial charge on any atom is -0.369 e. The molecular formula is C20H29N3O4S. The Morgan fingerprint density at radius 3 is 2.50 bits per heavy atom. The van der Waals surface area contributed by atoms with Gasteiger partial charge in [-0.05, 0) is 43.9 Å². The SMILES string of the molecule is CN(C1CCCCC1)S(=O)(=O)c1cccc(C(=O)N2CCCC(C(N)=O)C2)c1. The van der Waals surface area contributed by atoms with Gasteiger partial charge in [0.1, 0.15) is 0 Å². The van der Waals surface area contributed by atoms with Gasteiger partial charge >= 0.3 is 0 Å². The Balaban J connectivity index is 1.79. The monoisotopic (exact) mass is 407 g/mol. The zero-order valence-corrected chi connectivity index (χ0v) is 17.2. The number of likely N-dealkylation sites (tertiary alicyclic amines) is 1. The Hall–Kier alpha value is -1.93. The van der Waals surface area contributed by atoms with Crippen LogP contribution in [0.2, 0.25) is 0 Å². The lowest BCUT2D eigenvalue weighted by Gasteiger charge is -2.32. The van der Waals surface area contributed by atoms with E-state index in [1.54, 1.807) is 24.1 Å². The molecule has 2 amide bonds. The van der Waals surface area contributed by atoms with Crippen molar-refractivity contribution in [1.82, 2.24) is 9.21 Å². The van der Waals surface area contributed by atoms with Crippen molar-refractivity contribution >= 4 is 21.8 Å². The predicted octanol–water partition coefficient (Wildman–Crippen LogP) is 1.98. The molecule has 0 aromatic heterocycles. The number of rotatable bonds is 5. The number of benzene rings is 1. The van der Waals surface area contributed by atoms with Gasteiger partial charge in [0.2, 0.25) is 15.9 Å². The number of nitrogens with zero attached hydrogens (tertiary/aromatic N) is 2. The number of piperidine rings is 1. The molecule has 1 aliphatic heterocycles. The molecule has 154 valence electrons. The molecule has 1 saturated heterocycles. The lowest BCUT2D eigenvalue weighted by atomic mass is 9.96. The quantitative estimate of drug-likeness (QED) is 0.806. The number of primary amides is 1. The van der Waals surface area contributed by atoms with Gasteiger partial charge in [0.25, 0.3) is 5.91 Å². The molecular weight excluding hydrogens is 378 g/mol.